The van der Waals surface area contributed by atoms with E-state index in [0.717, 1.165) is 16.5 Å². The lowest BCUT2D eigenvalue weighted by Gasteiger charge is -2.21. The lowest BCUT2D eigenvalue weighted by Crippen LogP contribution is -2.35. The smallest absolute Gasteiger partial charge is 0.320 e. The van der Waals surface area contributed by atoms with E-state index in [-0.39, 0.29) is 18.0 Å². The fraction of sp³-hybridized carbons (Fsp3) is 0.312. The Morgan fingerprint density at radius 1 is 1.35 bits per heavy atom. The number of hydrogen-bond acceptors (Lipinski definition) is 3. The number of aryl methyl sites for hydroxylation is 1. The predicted molar refractivity (Wildman–Crippen MR) is 89.0 cm³/mol. The van der Waals surface area contributed by atoms with Gasteiger partial charge in [-0.3, -0.25) is 10.00 Å². The van der Waals surface area contributed by atoms with Crippen LogP contribution < -0.4 is 10.6 Å². The van der Waals surface area contributed by atoms with Crippen LogP contribution in [0.25, 0.3) is 10.9 Å². The van der Waals surface area contributed by atoms with E-state index in [1.54, 1.807) is 17.1 Å². The molecule has 0 saturated heterocycles. The molecule has 3 N–H and O–H groups in total. The maximum absolute atomic E-state index is 12.3. The summed E-state index contributed by atoms with van der Waals surface area (Å²) in [4.78, 5) is 19.6. The van der Waals surface area contributed by atoms with Crippen LogP contribution in [0.5, 0.6) is 0 Å². The molecule has 0 aromatic carbocycles. The largest absolute Gasteiger partial charge is 0.360 e. The van der Waals surface area contributed by atoms with Crippen molar-refractivity contribution in [2.45, 2.75) is 19.9 Å². The van der Waals surface area contributed by atoms with Crippen LogP contribution in [-0.2, 0) is 7.05 Å². The fourth-order valence-electron chi connectivity index (χ4n) is 2.55. The second-order valence-corrected chi connectivity index (χ2v) is 5.90. The molecule has 0 bridgehead atoms. The Morgan fingerprint density at radius 3 is 2.87 bits per heavy atom. The van der Waals surface area contributed by atoms with E-state index in [1.807, 2.05) is 31.6 Å². The first-order valence-electron chi connectivity index (χ1n) is 7.52. The van der Waals surface area contributed by atoms with Crippen LogP contribution in [0.1, 0.15) is 25.5 Å². The van der Waals surface area contributed by atoms with Crippen molar-refractivity contribution in [1.82, 2.24) is 25.1 Å². The van der Waals surface area contributed by atoms with Crippen molar-refractivity contribution in [3.63, 3.8) is 0 Å². The Kier molecular flexibility index (Phi) is 4.01. The topological polar surface area (TPSA) is 87.6 Å². The Hall–Kier alpha value is -2.83. The van der Waals surface area contributed by atoms with E-state index >= 15 is 0 Å². The molecule has 23 heavy (non-hydrogen) atoms. The van der Waals surface area contributed by atoms with E-state index in [9.17, 15) is 4.79 Å². The molecule has 3 rings (SSSR count). The predicted octanol–water partition coefficient (Wildman–Crippen LogP) is 2.82. The zero-order valence-corrected chi connectivity index (χ0v) is 13.4. The van der Waals surface area contributed by atoms with Crippen molar-refractivity contribution in [2.24, 2.45) is 13.0 Å². The van der Waals surface area contributed by atoms with Gasteiger partial charge in [-0.15, -0.1) is 0 Å². The summed E-state index contributed by atoms with van der Waals surface area (Å²) in [6.45, 7) is 4.12. The summed E-state index contributed by atoms with van der Waals surface area (Å²) in [5, 5.41) is 10.9. The monoisotopic (exact) mass is 312 g/mol. The van der Waals surface area contributed by atoms with Crippen molar-refractivity contribution in [1.29, 1.82) is 0 Å². The molecule has 0 fully saturated rings. The Morgan fingerprint density at radius 2 is 2.17 bits per heavy atom. The van der Waals surface area contributed by atoms with Crippen molar-refractivity contribution in [3.05, 3.63) is 42.5 Å². The van der Waals surface area contributed by atoms with E-state index in [0.29, 0.717) is 5.82 Å². The molecular weight excluding hydrogens is 292 g/mol. The molecule has 0 spiro atoms. The average Bonchev–Trinajstić information content (AvgIpc) is 3.12. The number of fused-ring (bicyclic) bond motifs is 1. The Bertz CT molecular complexity index is 819. The molecule has 0 aliphatic rings. The highest BCUT2D eigenvalue weighted by molar-refractivity contribution is 5.91. The van der Waals surface area contributed by atoms with Gasteiger partial charge in [0.15, 0.2) is 0 Å². The molecule has 3 aromatic rings. The molecule has 0 aliphatic carbocycles. The molecule has 7 nitrogen and oxygen atoms in total. The van der Waals surface area contributed by atoms with Crippen LogP contribution >= 0.6 is 0 Å². The highest BCUT2D eigenvalue weighted by atomic mass is 16.2. The summed E-state index contributed by atoms with van der Waals surface area (Å²) >= 11 is 0. The summed E-state index contributed by atoms with van der Waals surface area (Å²) in [5.41, 5.74) is 1.91. The lowest BCUT2D eigenvalue weighted by atomic mass is 9.99. The van der Waals surface area contributed by atoms with Gasteiger partial charge >= 0.3 is 6.03 Å². The summed E-state index contributed by atoms with van der Waals surface area (Å²) in [5.74, 6) is 0.758. The maximum Gasteiger partial charge on any atom is 0.320 e. The van der Waals surface area contributed by atoms with Crippen molar-refractivity contribution in [3.8, 4) is 0 Å². The number of carbonyl (C=O) groups is 1. The Balaban J connectivity index is 1.71. The van der Waals surface area contributed by atoms with E-state index in [2.05, 4.69) is 39.5 Å². The number of amides is 2. The Labute approximate surface area is 134 Å². The SMILES string of the molecule is CC(C)C(NC(=O)Nc1cc2cc[nH]c2cn1)c1cnn(C)c1. The normalized spacial score (nSPS) is 12.5. The number of anilines is 1. The number of aromatic amines is 1. The number of aromatic nitrogens is 4. The summed E-state index contributed by atoms with van der Waals surface area (Å²) < 4.78 is 1.73. The highest BCUT2D eigenvalue weighted by Crippen LogP contribution is 2.21. The first-order valence-corrected chi connectivity index (χ1v) is 7.52. The highest BCUT2D eigenvalue weighted by Gasteiger charge is 2.20. The number of rotatable bonds is 4. The van der Waals surface area contributed by atoms with E-state index in [1.165, 1.54) is 0 Å². The van der Waals surface area contributed by atoms with Gasteiger partial charge in [0.2, 0.25) is 0 Å². The van der Waals surface area contributed by atoms with Gasteiger partial charge < -0.3 is 10.3 Å². The van der Waals surface area contributed by atoms with E-state index < -0.39 is 0 Å². The molecule has 0 radical (unpaired) electrons. The van der Waals surface area contributed by atoms with Crippen LogP contribution in [0.15, 0.2) is 36.9 Å². The molecule has 1 unspecified atom stereocenters. The van der Waals surface area contributed by atoms with Gasteiger partial charge in [-0.25, -0.2) is 9.78 Å². The van der Waals surface area contributed by atoms with Crippen LogP contribution in [0, 0.1) is 5.92 Å². The van der Waals surface area contributed by atoms with Crippen LogP contribution in [0.3, 0.4) is 0 Å². The van der Waals surface area contributed by atoms with Gasteiger partial charge in [-0.05, 0) is 18.1 Å². The summed E-state index contributed by atoms with van der Waals surface area (Å²) in [6, 6.07) is 3.38. The minimum absolute atomic E-state index is 0.111. The van der Waals surface area contributed by atoms with Crippen LogP contribution in [0.2, 0.25) is 0 Å². The second-order valence-electron chi connectivity index (χ2n) is 5.90. The van der Waals surface area contributed by atoms with Gasteiger partial charge in [-0.1, -0.05) is 13.8 Å². The molecule has 3 aromatic heterocycles. The standard InChI is InChI=1S/C16H20N6O/c1-10(2)15(12-7-19-22(3)9-12)21-16(23)20-14-6-11-4-5-17-13(11)8-18-14/h4-10,15,17H,1-3H3,(H2,18,20,21,23). The van der Waals surface area contributed by atoms with Gasteiger partial charge in [0.05, 0.1) is 24.0 Å². The average molecular weight is 312 g/mol. The first kappa shape index (κ1) is 15.1. The van der Waals surface area contributed by atoms with Crippen LogP contribution in [-0.4, -0.2) is 25.8 Å². The maximum atomic E-state index is 12.3. The second kappa shape index (κ2) is 6.12. The van der Waals surface area contributed by atoms with Crippen molar-refractivity contribution < 1.29 is 4.79 Å². The lowest BCUT2D eigenvalue weighted by molar-refractivity contribution is 0.244. The van der Waals surface area contributed by atoms with Gasteiger partial charge in [0.25, 0.3) is 0 Å². The molecule has 7 heteroatoms. The van der Waals surface area contributed by atoms with Gasteiger partial charge in [0.1, 0.15) is 5.82 Å². The number of pyridine rings is 1. The minimum Gasteiger partial charge on any atom is -0.360 e. The molecule has 0 saturated carbocycles. The molecule has 120 valence electrons. The molecule has 1 atom stereocenters. The van der Waals surface area contributed by atoms with Gasteiger partial charge in [-0.2, -0.15) is 5.10 Å². The van der Waals surface area contributed by atoms with Gasteiger partial charge in [0, 0.05) is 30.4 Å². The quantitative estimate of drug-likeness (QED) is 0.692. The zero-order valence-electron chi connectivity index (χ0n) is 13.4. The number of carbonyl (C=O) groups excluding carboxylic acids is 1. The third-order valence-electron chi connectivity index (χ3n) is 3.72. The molecular formula is C16H20N6O. The first-order chi connectivity index (χ1) is 11.0. The molecule has 2 amide bonds. The summed E-state index contributed by atoms with van der Waals surface area (Å²) in [6.07, 6.45) is 7.23. The zero-order chi connectivity index (χ0) is 16.4. The van der Waals surface area contributed by atoms with Crippen LogP contribution in [0.4, 0.5) is 10.6 Å². The number of nitrogens with zero attached hydrogens (tertiary/aromatic N) is 3. The minimum atomic E-state index is -0.282. The van der Waals surface area contributed by atoms with Crippen molar-refractivity contribution >= 4 is 22.8 Å². The van der Waals surface area contributed by atoms with E-state index in [4.69, 9.17) is 0 Å². The number of H-pyrrole nitrogens is 1. The third kappa shape index (κ3) is 3.33. The molecule has 0 aliphatic heterocycles. The number of urea groups is 1. The van der Waals surface area contributed by atoms with Crippen molar-refractivity contribution in [2.75, 3.05) is 5.32 Å². The fourth-order valence-corrected chi connectivity index (χ4v) is 2.55. The third-order valence-corrected chi connectivity index (χ3v) is 3.72. The number of hydrogen-bond donors (Lipinski definition) is 3. The summed E-state index contributed by atoms with van der Waals surface area (Å²) in [7, 11) is 1.86. The number of nitrogens with one attached hydrogen (secondary N) is 3. The molecule has 3 heterocycles.